The lowest BCUT2D eigenvalue weighted by Gasteiger charge is -1.93. The van der Waals surface area contributed by atoms with Crippen molar-refractivity contribution >= 4 is 5.82 Å². The van der Waals surface area contributed by atoms with Gasteiger partial charge in [-0.3, -0.25) is 0 Å². The molecule has 0 fully saturated rings. The van der Waals surface area contributed by atoms with Gasteiger partial charge in [-0.05, 0) is 23.3 Å². The van der Waals surface area contributed by atoms with Crippen molar-refractivity contribution in [3.8, 4) is 5.82 Å². The van der Waals surface area contributed by atoms with Gasteiger partial charge in [0.05, 0.1) is 0 Å². The van der Waals surface area contributed by atoms with Crippen molar-refractivity contribution in [1.29, 1.82) is 0 Å². The van der Waals surface area contributed by atoms with E-state index in [1.54, 1.807) is 23.1 Å². The monoisotopic (exact) mass is 170 g/mol. The zero-order chi connectivity index (χ0) is 9.10. The summed E-state index contributed by atoms with van der Waals surface area (Å²) in [4.78, 5) is 7.30. The molecule has 0 saturated carbocycles. The summed E-state index contributed by atoms with van der Waals surface area (Å²) in [6.45, 7) is 6.75. The summed E-state index contributed by atoms with van der Waals surface area (Å²) in [5.41, 5.74) is 0. The first-order valence-electron chi connectivity index (χ1n) is 3.75. The number of aromatic nitrogens is 3. The molecule has 0 unspecified atom stereocenters. The van der Waals surface area contributed by atoms with E-state index in [4.69, 9.17) is 6.57 Å². The van der Waals surface area contributed by atoms with Gasteiger partial charge in [-0.1, -0.05) is 12.6 Å². The molecule has 4 nitrogen and oxygen atoms in total. The van der Waals surface area contributed by atoms with Gasteiger partial charge in [-0.2, -0.15) is 0 Å². The van der Waals surface area contributed by atoms with Gasteiger partial charge in [0, 0.05) is 12.4 Å². The summed E-state index contributed by atoms with van der Waals surface area (Å²) >= 11 is 0. The summed E-state index contributed by atoms with van der Waals surface area (Å²) < 4.78 is 1.58. The SMILES string of the molecule is [C-]#[N+]c1ccn(-c2ccccn2)n1. The molecule has 0 aliphatic heterocycles. The number of hydrogen-bond acceptors (Lipinski definition) is 2. The van der Waals surface area contributed by atoms with Crippen LogP contribution in [0.2, 0.25) is 0 Å². The molecule has 0 radical (unpaired) electrons. The second kappa shape index (κ2) is 3.07. The molecule has 0 atom stereocenters. The van der Waals surface area contributed by atoms with E-state index in [9.17, 15) is 0 Å². The topological polar surface area (TPSA) is 35.1 Å². The highest BCUT2D eigenvalue weighted by molar-refractivity contribution is 5.35. The molecule has 2 rings (SSSR count). The maximum Gasteiger partial charge on any atom is 0.295 e. The van der Waals surface area contributed by atoms with Crippen molar-refractivity contribution in [2.24, 2.45) is 0 Å². The van der Waals surface area contributed by atoms with Crippen LogP contribution in [0.15, 0.2) is 36.7 Å². The lowest BCUT2D eigenvalue weighted by Crippen LogP contribution is -1.95. The molecule has 0 amide bonds. The third-order valence-electron chi connectivity index (χ3n) is 1.57. The first-order chi connectivity index (χ1) is 6.40. The Labute approximate surface area is 75.3 Å². The number of hydrogen-bond donors (Lipinski definition) is 0. The first-order valence-corrected chi connectivity index (χ1v) is 3.75. The summed E-state index contributed by atoms with van der Waals surface area (Å²) in [5.74, 6) is 1.10. The van der Waals surface area contributed by atoms with E-state index in [0.717, 1.165) is 5.82 Å². The van der Waals surface area contributed by atoms with Crippen LogP contribution < -0.4 is 0 Å². The molecule has 2 aromatic rings. The Hall–Kier alpha value is -2.15. The average Bonchev–Trinajstić information content (AvgIpc) is 2.67. The standard InChI is InChI=1S/C9H6N4/c1-10-8-5-7-13(12-8)9-4-2-3-6-11-9/h2-7H. The van der Waals surface area contributed by atoms with Crippen LogP contribution in [0.3, 0.4) is 0 Å². The molecule has 4 heteroatoms. The van der Waals surface area contributed by atoms with Gasteiger partial charge in [0.25, 0.3) is 5.82 Å². The van der Waals surface area contributed by atoms with Crippen molar-refractivity contribution < 1.29 is 0 Å². The molecule has 0 spiro atoms. The molecule has 0 aliphatic rings. The fourth-order valence-electron chi connectivity index (χ4n) is 0.991. The van der Waals surface area contributed by atoms with Crippen LogP contribution in [0.1, 0.15) is 0 Å². The Kier molecular flexibility index (Phi) is 1.77. The van der Waals surface area contributed by atoms with Crippen LogP contribution in [0, 0.1) is 6.57 Å². The van der Waals surface area contributed by atoms with E-state index in [0.29, 0.717) is 5.82 Å². The van der Waals surface area contributed by atoms with E-state index in [2.05, 4.69) is 14.9 Å². The molecule has 0 bridgehead atoms. The number of nitrogens with zero attached hydrogens (tertiary/aromatic N) is 4. The lowest BCUT2D eigenvalue weighted by atomic mass is 10.5. The van der Waals surface area contributed by atoms with Gasteiger partial charge in [0.1, 0.15) is 0 Å². The third-order valence-corrected chi connectivity index (χ3v) is 1.57. The normalized spacial score (nSPS) is 9.46. The summed E-state index contributed by atoms with van der Waals surface area (Å²) in [6, 6.07) is 7.20. The van der Waals surface area contributed by atoms with Gasteiger partial charge in [0.15, 0.2) is 5.82 Å². The molecule has 2 heterocycles. The van der Waals surface area contributed by atoms with E-state index in [1.165, 1.54) is 0 Å². The molecule has 0 saturated heterocycles. The zero-order valence-electron chi connectivity index (χ0n) is 6.75. The van der Waals surface area contributed by atoms with Crippen LogP contribution in [-0.2, 0) is 0 Å². The highest BCUT2D eigenvalue weighted by atomic mass is 15.3. The molecule has 13 heavy (non-hydrogen) atoms. The van der Waals surface area contributed by atoms with Crippen molar-refractivity contribution in [3.63, 3.8) is 0 Å². The largest absolute Gasteiger partial charge is 0.359 e. The zero-order valence-corrected chi connectivity index (χ0v) is 6.75. The highest BCUT2D eigenvalue weighted by Gasteiger charge is 2.02. The predicted octanol–water partition coefficient (Wildman–Crippen LogP) is 1.82. The molecule has 0 aliphatic carbocycles. The molecular weight excluding hydrogens is 164 g/mol. The Bertz CT molecular complexity index is 438. The van der Waals surface area contributed by atoms with Gasteiger partial charge in [0.2, 0.25) is 0 Å². The van der Waals surface area contributed by atoms with Crippen molar-refractivity contribution in [1.82, 2.24) is 14.8 Å². The van der Waals surface area contributed by atoms with Crippen LogP contribution in [-0.4, -0.2) is 14.8 Å². The Morgan fingerprint density at radius 2 is 2.23 bits per heavy atom. The van der Waals surface area contributed by atoms with Gasteiger partial charge >= 0.3 is 0 Å². The second-order valence-electron chi connectivity index (χ2n) is 2.42. The molecule has 0 N–H and O–H groups in total. The Balaban J connectivity index is 2.43. The number of pyridine rings is 1. The summed E-state index contributed by atoms with van der Waals surface area (Å²) in [6.07, 6.45) is 3.41. The lowest BCUT2D eigenvalue weighted by molar-refractivity contribution is 0.853. The Morgan fingerprint density at radius 3 is 2.85 bits per heavy atom. The minimum atomic E-state index is 0.380. The van der Waals surface area contributed by atoms with E-state index in [-0.39, 0.29) is 0 Å². The first kappa shape index (κ1) is 7.50. The smallest absolute Gasteiger partial charge is 0.295 e. The van der Waals surface area contributed by atoms with Gasteiger partial charge in [-0.15, -0.1) is 4.68 Å². The summed E-state index contributed by atoms with van der Waals surface area (Å²) in [5, 5.41) is 4.00. The van der Waals surface area contributed by atoms with Crippen molar-refractivity contribution in [2.75, 3.05) is 0 Å². The number of rotatable bonds is 1. The van der Waals surface area contributed by atoms with Crippen molar-refractivity contribution in [3.05, 3.63) is 48.1 Å². The van der Waals surface area contributed by atoms with Crippen molar-refractivity contribution in [2.45, 2.75) is 0 Å². The summed E-state index contributed by atoms with van der Waals surface area (Å²) in [7, 11) is 0. The third kappa shape index (κ3) is 1.40. The van der Waals surface area contributed by atoms with Crippen LogP contribution in [0.5, 0.6) is 0 Å². The second-order valence-corrected chi connectivity index (χ2v) is 2.42. The molecule has 62 valence electrons. The van der Waals surface area contributed by atoms with Crippen LogP contribution in [0.4, 0.5) is 5.82 Å². The van der Waals surface area contributed by atoms with Crippen LogP contribution >= 0.6 is 0 Å². The maximum absolute atomic E-state index is 6.75. The molecule has 0 aromatic carbocycles. The minimum Gasteiger partial charge on any atom is -0.359 e. The predicted molar refractivity (Wildman–Crippen MR) is 47.6 cm³/mol. The van der Waals surface area contributed by atoms with E-state index < -0.39 is 0 Å². The highest BCUT2D eigenvalue weighted by Crippen LogP contribution is 2.09. The minimum absolute atomic E-state index is 0.380. The molecule has 2 aromatic heterocycles. The maximum atomic E-state index is 6.75. The van der Waals surface area contributed by atoms with E-state index in [1.807, 2.05) is 18.2 Å². The van der Waals surface area contributed by atoms with Gasteiger partial charge < -0.3 is 4.85 Å². The fraction of sp³-hybridized carbons (Fsp3) is 0. The van der Waals surface area contributed by atoms with Crippen LogP contribution in [0.25, 0.3) is 10.7 Å². The Morgan fingerprint density at radius 1 is 1.31 bits per heavy atom. The quantitative estimate of drug-likeness (QED) is 0.612. The molecular formula is C9H6N4. The average molecular weight is 170 g/mol. The van der Waals surface area contributed by atoms with E-state index >= 15 is 0 Å². The van der Waals surface area contributed by atoms with Gasteiger partial charge in [-0.25, -0.2) is 4.98 Å². The fourth-order valence-corrected chi connectivity index (χ4v) is 0.991.